The van der Waals surface area contributed by atoms with E-state index in [2.05, 4.69) is 15.3 Å². The Labute approximate surface area is 186 Å². The number of carbonyl (C=O) groups is 1. The van der Waals surface area contributed by atoms with Crippen LogP contribution in [0.5, 0.6) is 0 Å². The minimum Gasteiger partial charge on any atom is -0.345 e. The molecule has 1 amide bonds. The maximum absolute atomic E-state index is 13.8. The van der Waals surface area contributed by atoms with Crippen molar-refractivity contribution in [1.82, 2.24) is 15.3 Å². The first-order valence-electron chi connectivity index (χ1n) is 9.80. The van der Waals surface area contributed by atoms with Crippen molar-refractivity contribution < 1.29 is 18.0 Å². The number of hydrogen-bond donors (Lipinski definition) is 1. The molecule has 2 aromatic carbocycles. The van der Waals surface area contributed by atoms with E-state index in [-0.39, 0.29) is 18.1 Å². The predicted molar refractivity (Wildman–Crippen MR) is 116 cm³/mol. The summed E-state index contributed by atoms with van der Waals surface area (Å²) >= 11 is 1.42. The van der Waals surface area contributed by atoms with Gasteiger partial charge in [-0.05, 0) is 47.0 Å². The molecule has 4 rings (SSSR count). The number of nitrogens with one attached hydrogen (secondary N) is 1. The van der Waals surface area contributed by atoms with Gasteiger partial charge in [0.05, 0.1) is 23.2 Å². The van der Waals surface area contributed by atoms with Gasteiger partial charge in [0, 0.05) is 24.2 Å². The highest BCUT2D eigenvalue weighted by molar-refractivity contribution is 7.09. The second-order valence-electron chi connectivity index (χ2n) is 7.17. The first-order valence-corrected chi connectivity index (χ1v) is 10.7. The van der Waals surface area contributed by atoms with Crippen LogP contribution in [0.15, 0.2) is 72.4 Å². The number of amides is 1. The molecule has 8 heteroatoms. The summed E-state index contributed by atoms with van der Waals surface area (Å²) in [5.41, 5.74) is 2.56. The van der Waals surface area contributed by atoms with Gasteiger partial charge in [0.1, 0.15) is 5.82 Å². The van der Waals surface area contributed by atoms with Gasteiger partial charge in [0.15, 0.2) is 11.6 Å². The highest BCUT2D eigenvalue weighted by atomic mass is 32.1. The number of aromatic nitrogens is 2. The first-order chi connectivity index (χ1) is 15.5. The van der Waals surface area contributed by atoms with Crippen LogP contribution < -0.4 is 5.32 Å². The minimum atomic E-state index is -0.990. The normalized spacial score (nSPS) is 11.8. The largest absolute Gasteiger partial charge is 0.345 e. The van der Waals surface area contributed by atoms with Gasteiger partial charge in [-0.1, -0.05) is 24.3 Å². The van der Waals surface area contributed by atoms with E-state index in [0.717, 1.165) is 22.7 Å². The van der Waals surface area contributed by atoms with Crippen LogP contribution in [0.1, 0.15) is 33.4 Å². The Morgan fingerprint density at radius 2 is 1.81 bits per heavy atom. The predicted octanol–water partition coefficient (Wildman–Crippen LogP) is 4.99. The fourth-order valence-corrected chi connectivity index (χ4v) is 4.09. The number of halogens is 3. The zero-order valence-electron chi connectivity index (χ0n) is 16.8. The molecule has 32 heavy (non-hydrogen) atoms. The van der Waals surface area contributed by atoms with E-state index >= 15 is 0 Å². The summed E-state index contributed by atoms with van der Waals surface area (Å²) in [4.78, 5) is 21.3. The molecule has 0 saturated heterocycles. The number of benzene rings is 2. The van der Waals surface area contributed by atoms with Crippen molar-refractivity contribution in [2.24, 2.45) is 0 Å². The zero-order valence-corrected chi connectivity index (χ0v) is 17.6. The second-order valence-corrected chi connectivity index (χ2v) is 8.12. The highest BCUT2D eigenvalue weighted by Gasteiger charge is 2.19. The third-order valence-corrected chi connectivity index (χ3v) is 5.71. The molecule has 2 heterocycles. The third kappa shape index (κ3) is 5.39. The fourth-order valence-electron chi connectivity index (χ4n) is 3.26. The molecular formula is C24H18F3N3OS. The molecule has 0 aliphatic carbocycles. The number of hydrogen-bond acceptors (Lipinski definition) is 4. The van der Waals surface area contributed by atoms with Crippen molar-refractivity contribution in [3.8, 4) is 0 Å². The molecule has 0 fully saturated rings. The molecule has 4 aromatic rings. The Morgan fingerprint density at radius 3 is 2.53 bits per heavy atom. The quantitative estimate of drug-likeness (QED) is 0.429. The monoisotopic (exact) mass is 453 g/mol. The number of rotatable bonds is 7. The van der Waals surface area contributed by atoms with Crippen molar-refractivity contribution in [1.29, 1.82) is 0 Å². The summed E-state index contributed by atoms with van der Waals surface area (Å²) in [6, 6.07) is 12.5. The summed E-state index contributed by atoms with van der Waals surface area (Å²) in [7, 11) is 0. The number of nitrogens with zero attached hydrogens (tertiary/aromatic N) is 2. The van der Waals surface area contributed by atoms with Gasteiger partial charge >= 0.3 is 0 Å². The Kier molecular flexibility index (Phi) is 6.61. The molecule has 0 aliphatic heterocycles. The van der Waals surface area contributed by atoms with E-state index in [1.165, 1.54) is 29.5 Å². The standard InChI is InChI=1S/C24H18F3N3OS/c25-18-6-3-15(4-7-18)10-23-29-19(14-32-23)12-22(31)30-24(17-2-1-9-28-13-17)16-5-8-20(26)21(27)11-16/h1-9,11,13-14,24H,10,12H2,(H,30,31). The molecule has 4 nitrogen and oxygen atoms in total. The molecule has 0 bridgehead atoms. The molecule has 162 valence electrons. The number of carbonyl (C=O) groups excluding carboxylic acids is 1. The topological polar surface area (TPSA) is 54.9 Å². The third-order valence-electron chi connectivity index (χ3n) is 4.81. The maximum Gasteiger partial charge on any atom is 0.226 e. The van der Waals surface area contributed by atoms with E-state index in [1.54, 1.807) is 42.0 Å². The summed E-state index contributed by atoms with van der Waals surface area (Å²) in [5.74, 6) is -2.56. The van der Waals surface area contributed by atoms with Crippen LogP contribution in [0.4, 0.5) is 13.2 Å². The van der Waals surface area contributed by atoms with Crippen LogP contribution >= 0.6 is 11.3 Å². The lowest BCUT2D eigenvalue weighted by atomic mass is 9.99. The number of pyridine rings is 1. The van der Waals surface area contributed by atoms with E-state index < -0.39 is 17.7 Å². The van der Waals surface area contributed by atoms with Crippen LogP contribution in [-0.4, -0.2) is 15.9 Å². The van der Waals surface area contributed by atoms with E-state index in [4.69, 9.17) is 0 Å². The number of thiazole rings is 1. The van der Waals surface area contributed by atoms with Gasteiger partial charge in [-0.2, -0.15) is 0 Å². The maximum atomic E-state index is 13.8. The van der Waals surface area contributed by atoms with Crippen molar-refractivity contribution in [3.05, 3.63) is 117 Å². The Balaban J connectivity index is 1.47. The average Bonchev–Trinajstić information content (AvgIpc) is 3.23. The van der Waals surface area contributed by atoms with Crippen LogP contribution in [0, 0.1) is 17.5 Å². The van der Waals surface area contributed by atoms with Gasteiger partial charge in [0.2, 0.25) is 5.91 Å². The second kappa shape index (κ2) is 9.74. The van der Waals surface area contributed by atoms with Crippen molar-refractivity contribution >= 4 is 17.2 Å². The van der Waals surface area contributed by atoms with Crippen molar-refractivity contribution in [3.63, 3.8) is 0 Å². The molecule has 1 atom stereocenters. The Hall–Kier alpha value is -3.52. The Bertz CT molecular complexity index is 1210. The van der Waals surface area contributed by atoms with Crippen LogP contribution in [-0.2, 0) is 17.6 Å². The van der Waals surface area contributed by atoms with Gasteiger partial charge in [-0.25, -0.2) is 18.2 Å². The highest BCUT2D eigenvalue weighted by Crippen LogP contribution is 2.24. The van der Waals surface area contributed by atoms with Gasteiger partial charge in [-0.15, -0.1) is 11.3 Å². The van der Waals surface area contributed by atoms with Crippen LogP contribution in [0.3, 0.4) is 0 Å². The minimum absolute atomic E-state index is 0.0281. The summed E-state index contributed by atoms with van der Waals surface area (Å²) in [6.45, 7) is 0. The first kappa shape index (κ1) is 21.7. The zero-order chi connectivity index (χ0) is 22.5. The van der Waals surface area contributed by atoms with Crippen LogP contribution in [0.25, 0.3) is 0 Å². The van der Waals surface area contributed by atoms with Gasteiger partial charge in [0.25, 0.3) is 0 Å². The Morgan fingerprint density at radius 1 is 1.00 bits per heavy atom. The van der Waals surface area contributed by atoms with Crippen LogP contribution in [0.2, 0.25) is 0 Å². The lowest BCUT2D eigenvalue weighted by Crippen LogP contribution is -2.31. The van der Waals surface area contributed by atoms with E-state index in [9.17, 15) is 18.0 Å². The van der Waals surface area contributed by atoms with E-state index in [0.29, 0.717) is 23.2 Å². The molecule has 0 saturated carbocycles. The molecular weight excluding hydrogens is 435 g/mol. The summed E-state index contributed by atoms with van der Waals surface area (Å²) < 4.78 is 40.3. The molecule has 1 unspecified atom stereocenters. The van der Waals surface area contributed by atoms with Crippen molar-refractivity contribution in [2.45, 2.75) is 18.9 Å². The molecule has 1 N–H and O–H groups in total. The summed E-state index contributed by atoms with van der Waals surface area (Å²) in [5, 5.41) is 5.47. The molecule has 0 spiro atoms. The smallest absolute Gasteiger partial charge is 0.226 e. The lowest BCUT2D eigenvalue weighted by Gasteiger charge is -2.19. The van der Waals surface area contributed by atoms with Gasteiger partial charge in [-0.3, -0.25) is 9.78 Å². The SMILES string of the molecule is O=C(Cc1csc(Cc2ccc(F)cc2)n1)NC(c1cccnc1)c1ccc(F)c(F)c1. The van der Waals surface area contributed by atoms with E-state index in [1.807, 2.05) is 0 Å². The van der Waals surface area contributed by atoms with Gasteiger partial charge < -0.3 is 5.32 Å². The molecule has 0 radical (unpaired) electrons. The van der Waals surface area contributed by atoms with Crippen molar-refractivity contribution in [2.75, 3.05) is 0 Å². The average molecular weight is 453 g/mol. The molecule has 2 aromatic heterocycles. The lowest BCUT2D eigenvalue weighted by molar-refractivity contribution is -0.121. The fraction of sp³-hybridized carbons (Fsp3) is 0.125. The summed E-state index contributed by atoms with van der Waals surface area (Å²) in [6.07, 6.45) is 3.72. The molecule has 0 aliphatic rings.